The Kier molecular flexibility index (Phi) is 5.91. The molecule has 5 rings (SSSR count). The molecule has 0 atom stereocenters. The Morgan fingerprint density at radius 1 is 1.09 bits per heavy atom. The van der Waals surface area contributed by atoms with Gasteiger partial charge < -0.3 is 9.80 Å². The minimum absolute atomic E-state index is 0.199. The molecule has 0 saturated carbocycles. The summed E-state index contributed by atoms with van der Waals surface area (Å²) in [6, 6.07) is 9.42. The van der Waals surface area contributed by atoms with Gasteiger partial charge in [0.25, 0.3) is 5.92 Å². The van der Waals surface area contributed by atoms with Gasteiger partial charge >= 0.3 is 6.03 Å². The van der Waals surface area contributed by atoms with Crippen molar-refractivity contribution >= 4 is 29.2 Å². The van der Waals surface area contributed by atoms with E-state index in [0.29, 0.717) is 29.4 Å². The Morgan fingerprint density at radius 3 is 2.69 bits per heavy atom. The minimum atomic E-state index is -2.72. The van der Waals surface area contributed by atoms with Crippen molar-refractivity contribution in [2.45, 2.75) is 18.8 Å². The molecule has 11 heteroatoms. The van der Waals surface area contributed by atoms with Crippen molar-refractivity contribution in [3.63, 3.8) is 0 Å². The Bertz CT molecular complexity index is 1240. The van der Waals surface area contributed by atoms with Crippen LogP contribution in [-0.2, 0) is 0 Å². The second-order valence-electron chi connectivity index (χ2n) is 8.69. The number of hydrogen-bond donors (Lipinski definition) is 1. The van der Waals surface area contributed by atoms with Crippen LogP contribution in [0.15, 0.2) is 48.8 Å². The van der Waals surface area contributed by atoms with E-state index < -0.39 is 17.8 Å². The number of fused-ring (bicyclic) bond motifs is 1. The van der Waals surface area contributed by atoms with E-state index in [2.05, 4.69) is 15.3 Å². The lowest BCUT2D eigenvalue weighted by atomic mass is 10.1. The molecule has 0 spiro atoms. The SMILES string of the molecule is CN1CCCN(C(=O)Nc2ccc(F)cn2)c2nc(-c3ccnc(N4CCC(F)(F)C4)c3)ccc21. The number of aromatic nitrogens is 3. The predicted octanol–water partition coefficient (Wildman–Crippen LogP) is 4.40. The molecule has 5 heterocycles. The van der Waals surface area contributed by atoms with Gasteiger partial charge in [-0.15, -0.1) is 0 Å². The van der Waals surface area contributed by atoms with E-state index in [-0.39, 0.29) is 25.3 Å². The number of carbonyl (C=O) groups is 1. The van der Waals surface area contributed by atoms with Gasteiger partial charge in [-0.2, -0.15) is 0 Å². The molecule has 2 amide bonds. The highest BCUT2D eigenvalue weighted by atomic mass is 19.3. The van der Waals surface area contributed by atoms with E-state index >= 15 is 0 Å². The van der Waals surface area contributed by atoms with Crippen molar-refractivity contribution in [1.82, 2.24) is 15.0 Å². The normalized spacial score (nSPS) is 17.2. The third-order valence-corrected chi connectivity index (χ3v) is 6.14. The van der Waals surface area contributed by atoms with Crippen LogP contribution < -0.4 is 20.0 Å². The van der Waals surface area contributed by atoms with E-state index in [1.165, 1.54) is 17.0 Å². The molecular formula is C24H24F3N7O. The third kappa shape index (κ3) is 4.84. The largest absolute Gasteiger partial charge is 0.372 e. The Balaban J connectivity index is 1.46. The summed E-state index contributed by atoms with van der Waals surface area (Å²) >= 11 is 0. The zero-order valence-corrected chi connectivity index (χ0v) is 19.1. The van der Waals surface area contributed by atoms with Crippen molar-refractivity contribution < 1.29 is 18.0 Å². The molecule has 0 radical (unpaired) electrons. The molecule has 0 bridgehead atoms. The number of urea groups is 1. The highest BCUT2D eigenvalue weighted by Crippen LogP contribution is 2.35. The van der Waals surface area contributed by atoms with Crippen molar-refractivity contribution in [2.24, 2.45) is 0 Å². The van der Waals surface area contributed by atoms with Crippen LogP contribution >= 0.6 is 0 Å². The fourth-order valence-corrected chi connectivity index (χ4v) is 4.30. The average molecular weight is 483 g/mol. The van der Waals surface area contributed by atoms with Gasteiger partial charge in [-0.25, -0.2) is 32.9 Å². The minimum Gasteiger partial charge on any atom is -0.372 e. The number of hydrogen-bond acceptors (Lipinski definition) is 6. The first-order valence-electron chi connectivity index (χ1n) is 11.3. The van der Waals surface area contributed by atoms with Crippen molar-refractivity contribution in [2.75, 3.05) is 53.2 Å². The highest BCUT2D eigenvalue weighted by Gasteiger charge is 2.38. The van der Waals surface area contributed by atoms with Crippen LogP contribution in [0.2, 0.25) is 0 Å². The zero-order valence-electron chi connectivity index (χ0n) is 19.1. The average Bonchev–Trinajstić information content (AvgIpc) is 3.13. The number of nitrogens with one attached hydrogen (secondary N) is 1. The molecule has 3 aromatic heterocycles. The lowest BCUT2D eigenvalue weighted by Crippen LogP contribution is -2.36. The molecule has 1 saturated heterocycles. The van der Waals surface area contributed by atoms with Gasteiger partial charge in [0, 0.05) is 44.9 Å². The maximum Gasteiger partial charge on any atom is 0.328 e. The molecule has 35 heavy (non-hydrogen) atoms. The lowest BCUT2D eigenvalue weighted by molar-refractivity contribution is 0.0256. The van der Waals surface area contributed by atoms with Crippen LogP contribution in [0, 0.1) is 5.82 Å². The fraction of sp³-hybridized carbons (Fsp3) is 0.333. The molecule has 0 unspecified atom stereocenters. The third-order valence-electron chi connectivity index (χ3n) is 6.14. The predicted molar refractivity (Wildman–Crippen MR) is 128 cm³/mol. The van der Waals surface area contributed by atoms with Crippen LogP contribution in [0.3, 0.4) is 0 Å². The monoisotopic (exact) mass is 483 g/mol. The fourth-order valence-electron chi connectivity index (χ4n) is 4.30. The number of halogens is 3. The van der Waals surface area contributed by atoms with Crippen LogP contribution in [0.4, 0.5) is 41.1 Å². The first-order valence-corrected chi connectivity index (χ1v) is 11.3. The zero-order chi connectivity index (χ0) is 24.6. The van der Waals surface area contributed by atoms with Crippen molar-refractivity contribution in [1.29, 1.82) is 0 Å². The first kappa shape index (κ1) is 22.9. The Hall–Kier alpha value is -3.89. The number of alkyl halides is 2. The summed E-state index contributed by atoms with van der Waals surface area (Å²) in [5.74, 6) is -2.06. The number of rotatable bonds is 3. The van der Waals surface area contributed by atoms with Crippen LogP contribution in [0.1, 0.15) is 12.8 Å². The molecule has 8 nitrogen and oxygen atoms in total. The molecular weight excluding hydrogens is 459 g/mol. The second kappa shape index (κ2) is 9.05. The van der Waals surface area contributed by atoms with E-state index in [9.17, 15) is 18.0 Å². The smallest absolute Gasteiger partial charge is 0.328 e. The lowest BCUT2D eigenvalue weighted by Gasteiger charge is -2.24. The number of pyridine rings is 3. The van der Waals surface area contributed by atoms with Crippen molar-refractivity contribution in [3.8, 4) is 11.3 Å². The Labute approximate surface area is 200 Å². The summed E-state index contributed by atoms with van der Waals surface area (Å²) in [6.07, 6.45) is 3.13. The number of nitrogens with zero attached hydrogens (tertiary/aromatic N) is 6. The van der Waals surface area contributed by atoms with Gasteiger partial charge in [0.05, 0.1) is 24.1 Å². The van der Waals surface area contributed by atoms with E-state index in [1.54, 1.807) is 23.2 Å². The van der Waals surface area contributed by atoms with Gasteiger partial charge in [-0.05, 0) is 42.8 Å². The number of carbonyl (C=O) groups excluding carboxylic acids is 1. The molecule has 0 aromatic carbocycles. The van der Waals surface area contributed by atoms with Crippen LogP contribution in [-0.4, -0.2) is 60.1 Å². The molecule has 182 valence electrons. The summed E-state index contributed by atoms with van der Waals surface area (Å²) < 4.78 is 40.6. The molecule has 2 aliphatic heterocycles. The topological polar surface area (TPSA) is 77.5 Å². The maximum absolute atomic E-state index is 13.7. The molecule has 3 aromatic rings. The maximum atomic E-state index is 13.7. The van der Waals surface area contributed by atoms with E-state index in [4.69, 9.17) is 4.98 Å². The van der Waals surface area contributed by atoms with Crippen molar-refractivity contribution in [3.05, 3.63) is 54.6 Å². The standard InChI is InChI=1S/C24H24F3N7O/c1-32-10-2-11-34(23(35)31-20-6-3-17(25)14-29-20)22-19(32)5-4-18(30-22)16-7-9-28-21(13-16)33-12-8-24(26,27)15-33/h3-7,9,13-14H,2,8,10-12,15H2,1H3,(H,29,31,35). The summed E-state index contributed by atoms with van der Waals surface area (Å²) in [5.41, 5.74) is 2.08. The van der Waals surface area contributed by atoms with Gasteiger partial charge in [0.1, 0.15) is 17.5 Å². The quantitative estimate of drug-likeness (QED) is 0.595. The Morgan fingerprint density at radius 2 is 1.94 bits per heavy atom. The highest BCUT2D eigenvalue weighted by molar-refractivity contribution is 6.03. The second-order valence-corrected chi connectivity index (χ2v) is 8.69. The first-order chi connectivity index (χ1) is 16.8. The van der Waals surface area contributed by atoms with Crippen LogP contribution in [0.25, 0.3) is 11.3 Å². The summed E-state index contributed by atoms with van der Waals surface area (Å²) in [5, 5.41) is 2.70. The summed E-state index contributed by atoms with van der Waals surface area (Å²) in [7, 11) is 1.93. The van der Waals surface area contributed by atoms with E-state index in [0.717, 1.165) is 24.8 Å². The van der Waals surface area contributed by atoms with Gasteiger partial charge in [-0.3, -0.25) is 10.2 Å². The van der Waals surface area contributed by atoms with Crippen LogP contribution in [0.5, 0.6) is 0 Å². The molecule has 1 fully saturated rings. The molecule has 0 aliphatic carbocycles. The summed E-state index contributed by atoms with van der Waals surface area (Å²) in [4.78, 5) is 31.2. The summed E-state index contributed by atoms with van der Waals surface area (Å²) in [6.45, 7) is 1.02. The number of amides is 2. The van der Waals surface area contributed by atoms with Gasteiger partial charge in [-0.1, -0.05) is 0 Å². The number of anilines is 4. The van der Waals surface area contributed by atoms with Gasteiger partial charge in [0.15, 0.2) is 5.82 Å². The molecule has 1 N–H and O–H groups in total. The molecule has 2 aliphatic rings. The van der Waals surface area contributed by atoms with Gasteiger partial charge in [0.2, 0.25) is 0 Å². The van der Waals surface area contributed by atoms with E-state index in [1.807, 2.05) is 24.1 Å².